The molecule has 0 N–H and O–H groups in total. The lowest BCUT2D eigenvalue weighted by atomic mass is 9.66. The van der Waals surface area contributed by atoms with Crippen LogP contribution in [0.4, 0.5) is 0 Å². The number of nitrogens with zero attached hydrogens (tertiary/aromatic N) is 4. The van der Waals surface area contributed by atoms with Crippen molar-refractivity contribution in [3.8, 4) is 56.7 Å². The molecule has 234 valence electrons. The summed E-state index contributed by atoms with van der Waals surface area (Å²) in [6.07, 6.45) is 6.80. The topological polar surface area (TPSA) is 87.1 Å². The van der Waals surface area contributed by atoms with Crippen LogP contribution in [0, 0.1) is 0 Å². The Kier molecular flexibility index (Phi) is 5.47. The quantitative estimate of drug-likeness (QED) is 0.189. The van der Waals surface area contributed by atoms with Crippen molar-refractivity contribution in [1.29, 1.82) is 0 Å². The van der Waals surface area contributed by atoms with Crippen molar-refractivity contribution in [3.63, 3.8) is 0 Å². The summed E-state index contributed by atoms with van der Waals surface area (Å²) in [7, 11) is 0. The van der Waals surface area contributed by atoms with Gasteiger partial charge in [0.15, 0.2) is 11.2 Å². The molecule has 0 unspecified atom stereocenters. The molecule has 1 aliphatic heterocycles. The van der Waals surface area contributed by atoms with Crippen LogP contribution in [-0.2, 0) is 5.41 Å². The van der Waals surface area contributed by atoms with Gasteiger partial charge in [-0.25, -0.2) is 9.97 Å². The molecule has 0 amide bonds. The van der Waals surface area contributed by atoms with E-state index in [9.17, 15) is 0 Å². The minimum atomic E-state index is -0.526. The number of benzene rings is 5. The van der Waals surface area contributed by atoms with Crippen LogP contribution in [0.1, 0.15) is 22.3 Å². The van der Waals surface area contributed by atoms with E-state index in [1.54, 1.807) is 24.8 Å². The molecule has 0 bridgehead atoms. The largest absolute Gasteiger partial charge is 0.457 e. The zero-order chi connectivity index (χ0) is 32.8. The first-order valence-electron chi connectivity index (χ1n) is 16.4. The van der Waals surface area contributed by atoms with Gasteiger partial charge in [0.1, 0.15) is 22.5 Å². The zero-order valence-electron chi connectivity index (χ0n) is 26.4. The molecule has 2 aliphatic rings. The second-order valence-electron chi connectivity index (χ2n) is 12.7. The number of ether oxygens (including phenoxy) is 1. The highest BCUT2D eigenvalue weighted by molar-refractivity contribution is 5.91. The third-order valence-electron chi connectivity index (χ3n) is 9.99. The van der Waals surface area contributed by atoms with E-state index in [0.29, 0.717) is 22.9 Å². The van der Waals surface area contributed by atoms with Gasteiger partial charge in [0, 0.05) is 34.6 Å². The maximum atomic E-state index is 6.50. The number of oxazole rings is 2. The van der Waals surface area contributed by atoms with Gasteiger partial charge in [0.05, 0.1) is 17.8 Å². The van der Waals surface area contributed by atoms with E-state index < -0.39 is 5.41 Å². The number of hydrogen-bond acceptors (Lipinski definition) is 7. The molecule has 0 fully saturated rings. The number of rotatable bonds is 3. The Hall–Kier alpha value is -6.86. The summed E-state index contributed by atoms with van der Waals surface area (Å²) < 4.78 is 18.9. The molecule has 1 aliphatic carbocycles. The molecule has 5 aromatic carbocycles. The van der Waals surface area contributed by atoms with E-state index in [2.05, 4.69) is 101 Å². The molecule has 0 saturated carbocycles. The monoisotopic (exact) mass is 644 g/mol. The van der Waals surface area contributed by atoms with Crippen LogP contribution in [0.25, 0.3) is 67.4 Å². The van der Waals surface area contributed by atoms with Gasteiger partial charge in [-0.05, 0) is 81.9 Å². The maximum Gasteiger partial charge on any atom is 0.227 e. The first-order chi connectivity index (χ1) is 24.7. The minimum absolute atomic E-state index is 0.495. The second kappa shape index (κ2) is 10.1. The third kappa shape index (κ3) is 3.74. The van der Waals surface area contributed by atoms with Gasteiger partial charge in [-0.2, -0.15) is 0 Å². The minimum Gasteiger partial charge on any atom is -0.457 e. The second-order valence-corrected chi connectivity index (χ2v) is 12.7. The van der Waals surface area contributed by atoms with Crippen LogP contribution in [0.3, 0.4) is 0 Å². The molecule has 50 heavy (non-hydrogen) atoms. The fourth-order valence-electron chi connectivity index (χ4n) is 7.89. The molecule has 0 atom stereocenters. The Balaban J connectivity index is 1.15. The fraction of sp³-hybridized carbons (Fsp3) is 0.0233. The molecule has 5 heterocycles. The molecule has 4 aromatic heterocycles. The zero-order valence-corrected chi connectivity index (χ0v) is 26.4. The molecule has 0 saturated heterocycles. The smallest absolute Gasteiger partial charge is 0.227 e. The summed E-state index contributed by atoms with van der Waals surface area (Å²) in [5.41, 5.74) is 13.0. The summed E-state index contributed by atoms with van der Waals surface area (Å²) in [5, 5.41) is 0. The summed E-state index contributed by atoms with van der Waals surface area (Å²) >= 11 is 0. The predicted octanol–water partition coefficient (Wildman–Crippen LogP) is 10.2. The Morgan fingerprint density at radius 3 is 1.60 bits per heavy atom. The van der Waals surface area contributed by atoms with E-state index >= 15 is 0 Å². The van der Waals surface area contributed by atoms with E-state index in [0.717, 1.165) is 55.9 Å². The first kappa shape index (κ1) is 27.1. The van der Waals surface area contributed by atoms with Gasteiger partial charge >= 0.3 is 0 Å². The molecule has 1 spiro atoms. The normalized spacial score (nSPS) is 13.5. The molecule has 0 radical (unpaired) electrons. The van der Waals surface area contributed by atoms with E-state index in [4.69, 9.17) is 23.5 Å². The third-order valence-corrected chi connectivity index (χ3v) is 9.99. The van der Waals surface area contributed by atoms with E-state index in [1.165, 1.54) is 22.3 Å². The Bertz CT molecular complexity index is 2630. The van der Waals surface area contributed by atoms with Crippen LogP contribution in [0.15, 0.2) is 155 Å². The van der Waals surface area contributed by atoms with Crippen LogP contribution < -0.4 is 4.74 Å². The van der Waals surface area contributed by atoms with Crippen LogP contribution in [-0.4, -0.2) is 19.9 Å². The Labute approximate surface area is 285 Å². The molecule has 11 rings (SSSR count). The van der Waals surface area contributed by atoms with Crippen molar-refractivity contribution in [2.24, 2.45) is 0 Å². The van der Waals surface area contributed by atoms with Crippen molar-refractivity contribution in [1.82, 2.24) is 19.9 Å². The Morgan fingerprint density at radius 2 is 0.980 bits per heavy atom. The number of aromatic nitrogens is 4. The molecule has 9 aromatic rings. The molecular weight excluding hydrogens is 620 g/mol. The van der Waals surface area contributed by atoms with E-state index in [1.807, 2.05) is 30.3 Å². The average molecular weight is 645 g/mol. The van der Waals surface area contributed by atoms with Gasteiger partial charge in [-0.1, -0.05) is 72.8 Å². The lowest BCUT2D eigenvalue weighted by Crippen LogP contribution is -2.32. The van der Waals surface area contributed by atoms with Crippen molar-refractivity contribution in [2.45, 2.75) is 5.41 Å². The van der Waals surface area contributed by atoms with Crippen molar-refractivity contribution >= 4 is 22.2 Å². The van der Waals surface area contributed by atoms with Gasteiger partial charge in [-0.15, -0.1) is 0 Å². The number of fused-ring (bicyclic) bond motifs is 11. The molecule has 7 heteroatoms. The number of pyridine rings is 2. The van der Waals surface area contributed by atoms with Crippen molar-refractivity contribution in [2.75, 3.05) is 0 Å². The highest BCUT2D eigenvalue weighted by Gasteiger charge is 2.50. The highest BCUT2D eigenvalue weighted by atomic mass is 16.5. The lowest BCUT2D eigenvalue weighted by molar-refractivity contribution is 0.436. The summed E-state index contributed by atoms with van der Waals surface area (Å²) in [4.78, 5) is 18.0. The molecule has 7 nitrogen and oxygen atoms in total. The fourth-order valence-corrected chi connectivity index (χ4v) is 7.89. The summed E-state index contributed by atoms with van der Waals surface area (Å²) in [6.45, 7) is 0. The first-order valence-corrected chi connectivity index (χ1v) is 16.4. The summed E-state index contributed by atoms with van der Waals surface area (Å²) in [5.74, 6) is 2.74. The van der Waals surface area contributed by atoms with Crippen molar-refractivity contribution < 1.29 is 13.6 Å². The summed E-state index contributed by atoms with van der Waals surface area (Å²) in [6, 6.07) is 42.3. The van der Waals surface area contributed by atoms with Crippen LogP contribution in [0.5, 0.6) is 11.5 Å². The maximum absolute atomic E-state index is 6.50. The number of para-hydroxylation sites is 2. The Morgan fingerprint density at radius 1 is 0.440 bits per heavy atom. The predicted molar refractivity (Wildman–Crippen MR) is 191 cm³/mol. The van der Waals surface area contributed by atoms with Gasteiger partial charge in [-0.3, -0.25) is 9.97 Å². The van der Waals surface area contributed by atoms with E-state index in [-0.39, 0.29) is 0 Å². The molecular formula is C43H24N4O3. The van der Waals surface area contributed by atoms with Crippen LogP contribution in [0.2, 0.25) is 0 Å². The lowest BCUT2D eigenvalue weighted by Gasteiger charge is -2.39. The average Bonchev–Trinajstić information content (AvgIpc) is 3.89. The van der Waals surface area contributed by atoms with Gasteiger partial charge < -0.3 is 13.6 Å². The van der Waals surface area contributed by atoms with Gasteiger partial charge in [0.25, 0.3) is 0 Å². The standard InChI is InChI=1S/C43H24N4O3/c1-2-8-31-29(7-1)30-22-25(13-14-32(30)43(31)33-9-3-5-11-37(33)48-38-12-6-4-10-34(38)43)26-19-27(41-46-35-15-17-44-23-39(35)49-41)21-28(20-26)42-47-36-16-18-45-24-40(36)50-42/h1-24H. The number of hydrogen-bond donors (Lipinski definition) is 0. The highest BCUT2D eigenvalue weighted by Crippen LogP contribution is 2.62. The van der Waals surface area contributed by atoms with Crippen LogP contribution >= 0.6 is 0 Å². The van der Waals surface area contributed by atoms with Crippen molar-refractivity contribution in [3.05, 3.63) is 168 Å². The van der Waals surface area contributed by atoms with Gasteiger partial charge in [0.2, 0.25) is 11.8 Å². The SMILES string of the molecule is c1ccc2c(c1)Oc1ccccc1C21c2ccccc2-c2cc(-c3cc(-c4nc5ccncc5o4)cc(-c4nc5ccncc5o4)c3)ccc21.